The molecule has 1 aromatic heterocycles. The molecule has 8 nitrogen and oxygen atoms in total. The number of pyridine rings is 1. The van der Waals surface area contributed by atoms with E-state index in [9.17, 15) is 19.1 Å². The Balaban J connectivity index is 1.76. The Morgan fingerprint density at radius 3 is 2.56 bits per heavy atom. The van der Waals surface area contributed by atoms with E-state index in [2.05, 4.69) is 26.9 Å². The van der Waals surface area contributed by atoms with E-state index in [0.29, 0.717) is 32.0 Å². The van der Waals surface area contributed by atoms with Gasteiger partial charge in [0.15, 0.2) is 0 Å². The fraction of sp³-hybridized carbons (Fsp3) is 0.217. The Morgan fingerprint density at radius 2 is 1.94 bits per heavy atom. The SMILES string of the molecule is C=N/C(=C\C=C/C)N1CCN(c2ncc(NC(=O)c3ccccc3F)cc2C(=O)O)CC1. The Bertz CT molecular complexity index is 1080. The van der Waals surface area contributed by atoms with Crippen molar-refractivity contribution in [2.75, 3.05) is 36.4 Å². The first-order chi connectivity index (χ1) is 15.4. The van der Waals surface area contributed by atoms with E-state index >= 15 is 0 Å². The van der Waals surface area contributed by atoms with Crippen LogP contribution in [0, 0.1) is 5.82 Å². The molecule has 0 saturated carbocycles. The van der Waals surface area contributed by atoms with Crippen LogP contribution >= 0.6 is 0 Å². The van der Waals surface area contributed by atoms with E-state index in [1.807, 2.05) is 30.1 Å². The normalized spacial score (nSPS) is 14.5. The number of allylic oxidation sites excluding steroid dienone is 3. The minimum absolute atomic E-state index is 0.0451. The van der Waals surface area contributed by atoms with Crippen molar-refractivity contribution in [1.82, 2.24) is 9.88 Å². The van der Waals surface area contributed by atoms with E-state index in [1.165, 1.54) is 30.5 Å². The van der Waals surface area contributed by atoms with Gasteiger partial charge in [-0.15, -0.1) is 0 Å². The molecule has 32 heavy (non-hydrogen) atoms. The lowest BCUT2D eigenvalue weighted by Crippen LogP contribution is -2.46. The topological polar surface area (TPSA) is 98.1 Å². The van der Waals surface area contributed by atoms with Crippen LogP contribution in [0.1, 0.15) is 27.6 Å². The van der Waals surface area contributed by atoms with Crippen molar-refractivity contribution < 1.29 is 19.1 Å². The summed E-state index contributed by atoms with van der Waals surface area (Å²) in [5, 5.41) is 12.2. The Labute approximate surface area is 185 Å². The maximum absolute atomic E-state index is 13.8. The fourth-order valence-electron chi connectivity index (χ4n) is 3.37. The van der Waals surface area contributed by atoms with Gasteiger partial charge in [0.1, 0.15) is 23.0 Å². The average molecular weight is 437 g/mol. The zero-order chi connectivity index (χ0) is 23.1. The number of hydrogen-bond acceptors (Lipinski definition) is 6. The van der Waals surface area contributed by atoms with Gasteiger partial charge in [0, 0.05) is 26.2 Å². The summed E-state index contributed by atoms with van der Waals surface area (Å²) in [7, 11) is 0. The maximum Gasteiger partial charge on any atom is 0.339 e. The molecule has 0 atom stereocenters. The third-order valence-electron chi connectivity index (χ3n) is 4.98. The van der Waals surface area contributed by atoms with Crippen LogP contribution < -0.4 is 10.2 Å². The number of aliphatic imine (C=N–C) groups is 1. The van der Waals surface area contributed by atoms with Gasteiger partial charge in [0.2, 0.25) is 0 Å². The highest BCUT2D eigenvalue weighted by Crippen LogP contribution is 2.24. The van der Waals surface area contributed by atoms with Crippen molar-refractivity contribution >= 4 is 30.1 Å². The molecule has 9 heteroatoms. The summed E-state index contributed by atoms with van der Waals surface area (Å²) in [6, 6.07) is 6.89. The molecule has 0 bridgehead atoms. The number of aromatic nitrogens is 1. The maximum atomic E-state index is 13.8. The molecule has 0 radical (unpaired) electrons. The Morgan fingerprint density at radius 1 is 1.22 bits per heavy atom. The van der Waals surface area contributed by atoms with Crippen molar-refractivity contribution in [1.29, 1.82) is 0 Å². The number of carbonyl (C=O) groups excluding carboxylic acids is 1. The summed E-state index contributed by atoms with van der Waals surface area (Å²) in [5.74, 6) is -1.45. The Kier molecular flexibility index (Phi) is 7.33. The van der Waals surface area contributed by atoms with E-state index in [1.54, 1.807) is 6.07 Å². The molecule has 166 valence electrons. The summed E-state index contributed by atoms with van der Waals surface area (Å²) < 4.78 is 13.8. The molecule has 1 aliphatic rings. The van der Waals surface area contributed by atoms with Crippen LogP contribution in [0.4, 0.5) is 15.9 Å². The first-order valence-corrected chi connectivity index (χ1v) is 10.0. The van der Waals surface area contributed by atoms with Gasteiger partial charge in [-0.05, 0) is 37.9 Å². The van der Waals surface area contributed by atoms with Crippen molar-refractivity contribution in [2.45, 2.75) is 6.92 Å². The first-order valence-electron chi connectivity index (χ1n) is 10.0. The summed E-state index contributed by atoms with van der Waals surface area (Å²) in [6.07, 6.45) is 7.03. The second kappa shape index (κ2) is 10.3. The van der Waals surface area contributed by atoms with Crippen LogP contribution in [-0.4, -0.2) is 59.8 Å². The number of carboxylic acid groups (broad SMARTS) is 1. The molecule has 1 aliphatic heterocycles. The van der Waals surface area contributed by atoms with Gasteiger partial charge in [-0.3, -0.25) is 4.79 Å². The monoisotopic (exact) mass is 437 g/mol. The second-order valence-corrected chi connectivity index (χ2v) is 7.02. The number of amides is 1. The van der Waals surface area contributed by atoms with E-state index < -0.39 is 17.7 Å². The van der Waals surface area contributed by atoms with Gasteiger partial charge in [-0.25, -0.2) is 19.2 Å². The molecule has 2 heterocycles. The third-order valence-corrected chi connectivity index (χ3v) is 4.98. The predicted octanol–water partition coefficient (Wildman–Crippen LogP) is 3.41. The number of piperazine rings is 1. The fourth-order valence-corrected chi connectivity index (χ4v) is 3.37. The van der Waals surface area contributed by atoms with Crippen molar-refractivity contribution in [3.05, 3.63) is 77.5 Å². The zero-order valence-electron chi connectivity index (χ0n) is 17.7. The number of aromatic carboxylic acids is 1. The smallest absolute Gasteiger partial charge is 0.339 e. The van der Waals surface area contributed by atoms with Gasteiger partial charge >= 0.3 is 5.97 Å². The lowest BCUT2D eigenvalue weighted by atomic mass is 10.1. The average Bonchev–Trinajstić information content (AvgIpc) is 2.80. The van der Waals surface area contributed by atoms with Crippen LogP contribution in [0.15, 0.2) is 65.6 Å². The molecular formula is C23H24FN5O3. The molecule has 1 saturated heterocycles. The zero-order valence-corrected chi connectivity index (χ0v) is 17.7. The number of nitrogens with zero attached hydrogens (tertiary/aromatic N) is 4. The molecule has 1 amide bonds. The van der Waals surface area contributed by atoms with Gasteiger partial charge in [-0.2, -0.15) is 0 Å². The molecule has 3 rings (SSSR count). The first kappa shape index (κ1) is 22.7. The number of rotatable bonds is 7. The minimum atomic E-state index is -1.17. The molecule has 0 aliphatic carbocycles. The Hall–Kier alpha value is -4.01. The molecule has 2 aromatic rings. The van der Waals surface area contributed by atoms with Crippen molar-refractivity contribution in [3.8, 4) is 0 Å². The summed E-state index contributed by atoms with van der Waals surface area (Å²) in [6.45, 7) is 7.84. The molecule has 1 fully saturated rings. The molecular weight excluding hydrogens is 413 g/mol. The largest absolute Gasteiger partial charge is 0.478 e. The van der Waals surface area contributed by atoms with E-state index in [-0.39, 0.29) is 16.8 Å². The molecule has 0 spiro atoms. The summed E-state index contributed by atoms with van der Waals surface area (Å²) in [4.78, 5) is 36.5. The van der Waals surface area contributed by atoms with Crippen LogP contribution in [0.25, 0.3) is 0 Å². The number of anilines is 2. The highest BCUT2D eigenvalue weighted by molar-refractivity contribution is 6.05. The van der Waals surface area contributed by atoms with E-state index in [0.717, 1.165) is 5.82 Å². The lowest BCUT2D eigenvalue weighted by molar-refractivity contribution is 0.0696. The van der Waals surface area contributed by atoms with Gasteiger partial charge in [0.25, 0.3) is 5.91 Å². The van der Waals surface area contributed by atoms with Crippen molar-refractivity contribution in [3.63, 3.8) is 0 Å². The van der Waals surface area contributed by atoms with Gasteiger partial charge < -0.3 is 20.2 Å². The van der Waals surface area contributed by atoms with Gasteiger partial charge in [-0.1, -0.05) is 24.3 Å². The van der Waals surface area contributed by atoms with E-state index in [4.69, 9.17) is 0 Å². The lowest BCUT2D eigenvalue weighted by Gasteiger charge is -2.37. The number of halogens is 1. The van der Waals surface area contributed by atoms with Crippen LogP contribution in [0.2, 0.25) is 0 Å². The second-order valence-electron chi connectivity index (χ2n) is 7.02. The number of benzene rings is 1. The number of carbonyl (C=O) groups is 2. The number of hydrogen-bond donors (Lipinski definition) is 2. The van der Waals surface area contributed by atoms with Crippen LogP contribution in [-0.2, 0) is 0 Å². The molecule has 0 unspecified atom stereocenters. The molecule has 2 N–H and O–H groups in total. The van der Waals surface area contributed by atoms with Gasteiger partial charge in [0.05, 0.1) is 17.4 Å². The third kappa shape index (κ3) is 5.18. The number of nitrogens with one attached hydrogen (secondary N) is 1. The predicted molar refractivity (Wildman–Crippen MR) is 122 cm³/mol. The summed E-state index contributed by atoms with van der Waals surface area (Å²) in [5.41, 5.74) is -0.0102. The van der Waals surface area contributed by atoms with Crippen LogP contribution in [0.5, 0.6) is 0 Å². The summed E-state index contributed by atoms with van der Waals surface area (Å²) >= 11 is 0. The highest BCUT2D eigenvalue weighted by Gasteiger charge is 2.24. The number of carboxylic acids is 1. The standard InChI is InChI=1S/C23H24FN5O3/c1-3-4-9-20(25-2)28-10-12-29(13-11-28)21-18(23(31)32)14-16(15-26-21)27-22(30)17-7-5-6-8-19(17)24/h3-9,14-15H,2,10-13H2,1H3,(H,27,30)(H,31,32)/b4-3-,20-9+. The molecule has 1 aromatic carbocycles. The highest BCUT2D eigenvalue weighted by atomic mass is 19.1. The van der Waals surface area contributed by atoms with Crippen LogP contribution in [0.3, 0.4) is 0 Å². The quantitative estimate of drug-likeness (QED) is 0.509. The van der Waals surface area contributed by atoms with Crippen molar-refractivity contribution in [2.24, 2.45) is 4.99 Å². The minimum Gasteiger partial charge on any atom is -0.478 e.